The molecule has 0 amide bonds. The van der Waals surface area contributed by atoms with Crippen molar-refractivity contribution in [1.29, 1.82) is 0 Å². The second-order valence-corrected chi connectivity index (χ2v) is 9.43. The van der Waals surface area contributed by atoms with Gasteiger partial charge in [-0.15, -0.1) is 0 Å². The van der Waals surface area contributed by atoms with Crippen molar-refractivity contribution in [3.63, 3.8) is 0 Å². The van der Waals surface area contributed by atoms with Gasteiger partial charge in [-0.1, -0.05) is 0 Å². The minimum atomic E-state index is -3.44. The van der Waals surface area contributed by atoms with Gasteiger partial charge in [0.2, 0.25) is 0 Å². The Bertz CT molecular complexity index is 394. The zero-order valence-electron chi connectivity index (χ0n) is 11.2. The Morgan fingerprint density at radius 2 is 1.83 bits per heavy atom. The Kier molecular flexibility index (Phi) is 5.75. The second kappa shape index (κ2) is 6.44. The minimum absolute atomic E-state index is 0.370. The standard InChI is InChI=1S/C13H22BrO3P/c1-4-16-18(15,5-2,6-3)17-11-12-8-7-9-13(14)10-12/h7-10,15H,4-6,11H2,1-3H3. The molecule has 0 heterocycles. The molecule has 0 radical (unpaired) electrons. The van der Waals surface area contributed by atoms with E-state index in [1.165, 1.54) is 0 Å². The van der Waals surface area contributed by atoms with Gasteiger partial charge in [-0.2, -0.15) is 0 Å². The van der Waals surface area contributed by atoms with Crippen LogP contribution in [0.2, 0.25) is 0 Å². The molecule has 0 aliphatic heterocycles. The van der Waals surface area contributed by atoms with E-state index in [0.717, 1.165) is 10.0 Å². The Hall–Kier alpha value is 0.0100. The van der Waals surface area contributed by atoms with Crippen LogP contribution < -0.4 is 0 Å². The van der Waals surface area contributed by atoms with Crippen LogP contribution in [0.5, 0.6) is 0 Å². The van der Waals surface area contributed by atoms with E-state index in [0.29, 0.717) is 25.5 Å². The zero-order chi connectivity index (χ0) is 13.7. The van der Waals surface area contributed by atoms with Crippen LogP contribution in [0.1, 0.15) is 26.3 Å². The SMILES string of the molecule is CCOP(O)(CC)(CC)OCc1cccc(Br)c1. The molecule has 0 saturated carbocycles. The molecule has 0 aliphatic rings. The molecule has 0 spiro atoms. The van der Waals surface area contributed by atoms with Gasteiger partial charge in [0.25, 0.3) is 0 Å². The predicted octanol–water partition coefficient (Wildman–Crippen LogP) is 4.33. The van der Waals surface area contributed by atoms with Gasteiger partial charge in [-0.05, 0) is 0 Å². The third kappa shape index (κ3) is 4.01. The summed E-state index contributed by atoms with van der Waals surface area (Å²) in [6.07, 6.45) is 1.04. The molecule has 0 unspecified atom stereocenters. The van der Waals surface area contributed by atoms with Crippen molar-refractivity contribution >= 4 is 23.2 Å². The van der Waals surface area contributed by atoms with Gasteiger partial charge in [-0.25, -0.2) is 0 Å². The van der Waals surface area contributed by atoms with Gasteiger partial charge in [0, 0.05) is 0 Å². The van der Waals surface area contributed by atoms with Crippen molar-refractivity contribution in [3.05, 3.63) is 34.3 Å². The van der Waals surface area contributed by atoms with Crippen molar-refractivity contribution in [2.75, 3.05) is 18.9 Å². The molecule has 0 aliphatic carbocycles. The van der Waals surface area contributed by atoms with Gasteiger partial charge in [0.1, 0.15) is 0 Å². The third-order valence-corrected chi connectivity index (χ3v) is 7.63. The number of benzene rings is 1. The topological polar surface area (TPSA) is 38.7 Å². The molecule has 18 heavy (non-hydrogen) atoms. The van der Waals surface area contributed by atoms with E-state index in [-0.39, 0.29) is 0 Å². The Morgan fingerprint density at radius 3 is 2.33 bits per heavy atom. The summed E-state index contributed by atoms with van der Waals surface area (Å²) in [4.78, 5) is 10.8. The molecule has 1 aromatic carbocycles. The quantitative estimate of drug-likeness (QED) is 0.753. The summed E-state index contributed by atoms with van der Waals surface area (Å²) < 4.78 is 12.5. The summed E-state index contributed by atoms with van der Waals surface area (Å²) in [6, 6.07) is 7.87. The molecule has 1 N–H and O–H groups in total. The zero-order valence-corrected chi connectivity index (χ0v) is 13.7. The van der Waals surface area contributed by atoms with E-state index >= 15 is 0 Å². The van der Waals surface area contributed by atoms with Gasteiger partial charge in [0.05, 0.1) is 0 Å². The molecule has 0 bridgehead atoms. The summed E-state index contributed by atoms with van der Waals surface area (Å²) in [7, 11) is -3.44. The fourth-order valence-electron chi connectivity index (χ4n) is 1.77. The first-order chi connectivity index (χ1) is 8.45. The Morgan fingerprint density at radius 1 is 1.17 bits per heavy atom. The average molecular weight is 337 g/mol. The fourth-order valence-corrected chi connectivity index (χ4v) is 4.49. The molecule has 5 heteroatoms. The maximum atomic E-state index is 10.8. The molecular formula is C13H22BrO3P. The van der Waals surface area contributed by atoms with E-state index in [9.17, 15) is 4.89 Å². The van der Waals surface area contributed by atoms with Crippen LogP contribution >= 0.6 is 23.2 Å². The summed E-state index contributed by atoms with van der Waals surface area (Å²) in [6.45, 7) is 6.55. The van der Waals surface area contributed by atoms with Crippen LogP contribution in [0.15, 0.2) is 28.7 Å². The van der Waals surface area contributed by atoms with Crippen LogP contribution in [0.25, 0.3) is 0 Å². The number of rotatable bonds is 7. The molecule has 1 rings (SSSR count). The number of hydrogen-bond acceptors (Lipinski definition) is 3. The van der Waals surface area contributed by atoms with E-state index in [2.05, 4.69) is 15.9 Å². The first-order valence-corrected chi connectivity index (χ1v) is 9.45. The first-order valence-electron chi connectivity index (χ1n) is 6.26. The monoisotopic (exact) mass is 336 g/mol. The Labute approximate surface area is 118 Å². The van der Waals surface area contributed by atoms with Gasteiger partial charge in [0.15, 0.2) is 0 Å². The summed E-state index contributed by atoms with van der Waals surface area (Å²) in [5.74, 6) is 0. The molecule has 0 aromatic heterocycles. The van der Waals surface area contributed by atoms with Crippen molar-refractivity contribution < 1.29 is 13.9 Å². The molecule has 3 nitrogen and oxygen atoms in total. The average Bonchev–Trinajstić information content (AvgIpc) is 2.38. The molecule has 1 aromatic rings. The number of hydrogen-bond donors (Lipinski definition) is 1. The van der Waals surface area contributed by atoms with E-state index < -0.39 is 7.28 Å². The van der Waals surface area contributed by atoms with Crippen LogP contribution in [0, 0.1) is 0 Å². The van der Waals surface area contributed by atoms with Crippen molar-refractivity contribution in [1.82, 2.24) is 0 Å². The normalized spacial score (nSPS) is 14.2. The second-order valence-electron chi connectivity index (χ2n) is 4.21. The fraction of sp³-hybridized carbons (Fsp3) is 0.538. The van der Waals surface area contributed by atoms with Crippen molar-refractivity contribution in [2.45, 2.75) is 27.4 Å². The summed E-state index contributed by atoms with van der Waals surface area (Å²) in [5, 5.41) is 0. The van der Waals surface area contributed by atoms with Gasteiger partial charge in [-0.3, -0.25) is 0 Å². The van der Waals surface area contributed by atoms with E-state index in [1.807, 2.05) is 45.0 Å². The van der Waals surface area contributed by atoms with Crippen LogP contribution in [-0.4, -0.2) is 23.8 Å². The van der Waals surface area contributed by atoms with Crippen molar-refractivity contribution in [3.8, 4) is 0 Å². The first kappa shape index (κ1) is 16.1. The predicted molar refractivity (Wildman–Crippen MR) is 80.8 cm³/mol. The number of halogens is 1. The maximum absolute atomic E-state index is 10.8. The van der Waals surface area contributed by atoms with Gasteiger partial charge < -0.3 is 0 Å². The van der Waals surface area contributed by atoms with Crippen LogP contribution in [0.3, 0.4) is 0 Å². The van der Waals surface area contributed by atoms with Crippen molar-refractivity contribution in [2.24, 2.45) is 0 Å². The summed E-state index contributed by atoms with van der Waals surface area (Å²) >= 11 is 3.42. The summed E-state index contributed by atoms with van der Waals surface area (Å²) in [5.41, 5.74) is 1.02. The van der Waals surface area contributed by atoms with Crippen LogP contribution in [-0.2, 0) is 15.7 Å². The molecule has 0 atom stereocenters. The van der Waals surface area contributed by atoms with Crippen LogP contribution in [0.4, 0.5) is 0 Å². The van der Waals surface area contributed by atoms with E-state index in [1.54, 1.807) is 0 Å². The molecular weight excluding hydrogens is 315 g/mol. The van der Waals surface area contributed by atoms with E-state index in [4.69, 9.17) is 9.05 Å². The molecule has 104 valence electrons. The molecule has 0 fully saturated rings. The third-order valence-electron chi connectivity index (χ3n) is 3.08. The van der Waals surface area contributed by atoms with Gasteiger partial charge >= 0.3 is 118 Å². The molecule has 0 saturated heterocycles. The Balaban J connectivity index is 2.80.